The minimum absolute atomic E-state index is 0.136. The summed E-state index contributed by atoms with van der Waals surface area (Å²) in [6.07, 6.45) is 6.66. The summed E-state index contributed by atoms with van der Waals surface area (Å²) >= 11 is 0. The molecule has 0 aliphatic heterocycles. The molecule has 0 amide bonds. The van der Waals surface area contributed by atoms with E-state index in [2.05, 4.69) is 152 Å². The van der Waals surface area contributed by atoms with Crippen LogP contribution in [0.15, 0.2) is 207 Å². The lowest BCUT2D eigenvalue weighted by Crippen LogP contribution is -2.19. The van der Waals surface area contributed by atoms with Gasteiger partial charge in [-0.2, -0.15) is 0 Å². The van der Waals surface area contributed by atoms with Crippen molar-refractivity contribution in [3.8, 4) is 11.1 Å². The third kappa shape index (κ3) is 6.68. The number of furan rings is 1. The molecule has 0 bridgehead atoms. The second-order valence-electron chi connectivity index (χ2n) is 16.0. The van der Waals surface area contributed by atoms with Crippen LogP contribution in [0.2, 0.25) is 0 Å². The zero-order chi connectivity index (χ0) is 40.6. The fraction of sp³-hybridized carbons (Fsp3) is 0.109. The summed E-state index contributed by atoms with van der Waals surface area (Å²) in [6, 6.07) is 59.4. The smallest absolute Gasteiger partial charge is 0.161 e. The minimum Gasteiger partial charge on any atom is -0.456 e. The summed E-state index contributed by atoms with van der Waals surface area (Å²) in [5, 5.41) is 1.95. The number of nitrogens with zero attached hydrogens (tertiary/aromatic N) is 4. The molecule has 10 rings (SSSR count). The largest absolute Gasteiger partial charge is 0.456 e. The van der Waals surface area contributed by atoms with Gasteiger partial charge in [0.25, 0.3) is 0 Å². The van der Waals surface area contributed by atoms with Crippen LogP contribution in [-0.4, -0.2) is 18.4 Å². The Hall–Kier alpha value is -7.37. The Balaban J connectivity index is 1.13. The van der Waals surface area contributed by atoms with E-state index in [1.807, 2.05) is 60.7 Å². The molecule has 0 spiro atoms. The number of allylic oxidation sites excluding steroid dienone is 3. The molecule has 0 radical (unpaired) electrons. The number of rotatable bonds is 8. The highest BCUT2D eigenvalue weighted by atomic mass is 16.3. The molecule has 0 atom stereocenters. The summed E-state index contributed by atoms with van der Waals surface area (Å²) in [4.78, 5) is 17.0. The van der Waals surface area contributed by atoms with Crippen molar-refractivity contribution in [3.05, 3.63) is 221 Å². The van der Waals surface area contributed by atoms with Gasteiger partial charge >= 0.3 is 0 Å². The van der Waals surface area contributed by atoms with E-state index in [9.17, 15) is 0 Å². The van der Waals surface area contributed by atoms with E-state index in [0.29, 0.717) is 18.2 Å². The zero-order valence-corrected chi connectivity index (χ0v) is 33.8. The first-order valence-corrected chi connectivity index (χ1v) is 20.6. The lowest BCUT2D eigenvalue weighted by molar-refractivity contribution is 0.660. The van der Waals surface area contributed by atoms with Gasteiger partial charge in [0.1, 0.15) is 11.2 Å². The molecule has 0 N–H and O–H groups in total. The molecule has 1 heterocycles. The van der Waals surface area contributed by atoms with E-state index in [-0.39, 0.29) is 5.41 Å². The van der Waals surface area contributed by atoms with Gasteiger partial charge in [-0.05, 0) is 94.9 Å². The molecule has 0 saturated heterocycles. The number of anilines is 2. The van der Waals surface area contributed by atoms with Gasteiger partial charge < -0.3 is 9.32 Å². The second kappa shape index (κ2) is 15.4. The third-order valence-electron chi connectivity index (χ3n) is 11.9. The first kappa shape index (κ1) is 36.9. The molecular formula is C55H44N4O. The fourth-order valence-electron chi connectivity index (χ4n) is 8.95. The van der Waals surface area contributed by atoms with Gasteiger partial charge in [0.15, 0.2) is 11.7 Å². The molecule has 5 heteroatoms. The van der Waals surface area contributed by atoms with E-state index >= 15 is 0 Å². The number of hydrogen-bond donors (Lipinski definition) is 0. The van der Waals surface area contributed by atoms with Gasteiger partial charge in [-0.15, -0.1) is 0 Å². The van der Waals surface area contributed by atoms with Crippen LogP contribution < -0.4 is 4.90 Å². The number of aliphatic imine (C=N–C) groups is 3. The number of amidine groups is 2. The van der Waals surface area contributed by atoms with Crippen LogP contribution in [0.4, 0.5) is 11.4 Å². The Bertz CT molecular complexity index is 3040. The van der Waals surface area contributed by atoms with Gasteiger partial charge in [-0.1, -0.05) is 153 Å². The monoisotopic (exact) mass is 776 g/mol. The Labute approximate surface area is 351 Å². The molecule has 7 aromatic carbocycles. The van der Waals surface area contributed by atoms with Gasteiger partial charge in [-0.25, -0.2) is 9.98 Å². The third-order valence-corrected chi connectivity index (χ3v) is 11.9. The summed E-state index contributed by atoms with van der Waals surface area (Å²) in [5.41, 5.74) is 15.4. The van der Waals surface area contributed by atoms with Crippen LogP contribution in [0.25, 0.3) is 38.6 Å². The number of fused-ring (bicyclic) bond motifs is 6. The van der Waals surface area contributed by atoms with Crippen molar-refractivity contribution in [1.82, 2.24) is 0 Å². The standard InChI is InChI=1S/C55H44N4O/c1-55(2)48-27-14-13-25-44(48)45-31-29-42(34-49(45)55)59(41-24-15-23-40(33-41)38-19-9-5-10-20-38)43-30-32-46-51(35-43)60-50-28-16-26-47(52(46)50)54(57-36-37-17-7-4-8-18-37)58-53(56-3)39-21-11-6-12-22-39/h4-14,16-22,24-35H,3,15,23,36H2,1-2H3/b57-54-,58-53-. The minimum atomic E-state index is -0.136. The van der Waals surface area contributed by atoms with Crippen LogP contribution in [0.3, 0.4) is 0 Å². The highest BCUT2D eigenvalue weighted by Gasteiger charge is 2.36. The molecule has 8 aromatic rings. The van der Waals surface area contributed by atoms with Crippen LogP contribution in [-0.2, 0) is 12.0 Å². The maximum atomic E-state index is 6.78. The Morgan fingerprint density at radius 2 is 1.37 bits per heavy atom. The van der Waals surface area contributed by atoms with E-state index in [0.717, 1.165) is 68.5 Å². The SMILES string of the molecule is C=N/C(=N\C(=N/Cc1ccccc1)c1cccc2oc3cc(N(C4=CCCC(c5ccccc5)=C4)c4ccc5c(c4)C(C)(C)c4ccccc4-5)ccc3c12)c1ccccc1. The number of hydrogen-bond acceptors (Lipinski definition) is 3. The van der Waals surface area contributed by atoms with Gasteiger partial charge in [-0.3, -0.25) is 4.99 Å². The lowest BCUT2D eigenvalue weighted by atomic mass is 9.82. The molecule has 2 aliphatic rings. The summed E-state index contributed by atoms with van der Waals surface area (Å²) in [5.74, 6) is 1.08. The first-order chi connectivity index (χ1) is 29.5. The summed E-state index contributed by atoms with van der Waals surface area (Å²) < 4.78 is 6.78. The quantitative estimate of drug-likeness (QED) is 0.114. The maximum Gasteiger partial charge on any atom is 0.161 e. The topological polar surface area (TPSA) is 53.5 Å². The molecule has 290 valence electrons. The molecule has 0 unspecified atom stereocenters. The predicted molar refractivity (Wildman–Crippen MR) is 251 cm³/mol. The summed E-state index contributed by atoms with van der Waals surface area (Å²) in [7, 11) is 0. The van der Waals surface area contributed by atoms with E-state index in [1.165, 1.54) is 33.4 Å². The molecule has 0 saturated carbocycles. The highest BCUT2D eigenvalue weighted by Crippen LogP contribution is 2.50. The fourth-order valence-corrected chi connectivity index (χ4v) is 8.95. The van der Waals surface area contributed by atoms with Gasteiger partial charge in [0, 0.05) is 50.5 Å². The molecule has 2 aliphatic carbocycles. The zero-order valence-electron chi connectivity index (χ0n) is 33.8. The highest BCUT2D eigenvalue weighted by molar-refractivity contribution is 6.21. The van der Waals surface area contributed by atoms with E-state index in [1.54, 1.807) is 0 Å². The first-order valence-electron chi connectivity index (χ1n) is 20.6. The lowest BCUT2D eigenvalue weighted by Gasteiger charge is -2.30. The molecule has 5 nitrogen and oxygen atoms in total. The summed E-state index contributed by atoms with van der Waals surface area (Å²) in [6.45, 7) is 9.02. The Kier molecular flexibility index (Phi) is 9.50. The average molecular weight is 777 g/mol. The van der Waals surface area contributed by atoms with Crippen LogP contribution >= 0.6 is 0 Å². The molecule has 60 heavy (non-hydrogen) atoms. The Morgan fingerprint density at radius 1 is 0.667 bits per heavy atom. The van der Waals surface area contributed by atoms with E-state index < -0.39 is 0 Å². The van der Waals surface area contributed by atoms with Crippen molar-refractivity contribution in [2.75, 3.05) is 4.90 Å². The van der Waals surface area contributed by atoms with Crippen molar-refractivity contribution in [1.29, 1.82) is 0 Å². The molecule has 1 aromatic heterocycles. The molecular weight excluding hydrogens is 733 g/mol. The van der Waals surface area contributed by atoms with Crippen molar-refractivity contribution in [2.24, 2.45) is 15.0 Å². The maximum absolute atomic E-state index is 6.78. The van der Waals surface area contributed by atoms with Gasteiger partial charge in [0.2, 0.25) is 0 Å². The van der Waals surface area contributed by atoms with Crippen molar-refractivity contribution < 1.29 is 4.42 Å². The Morgan fingerprint density at radius 3 is 2.17 bits per heavy atom. The number of benzene rings is 7. The average Bonchev–Trinajstić information content (AvgIpc) is 3.79. The van der Waals surface area contributed by atoms with Crippen molar-refractivity contribution in [3.63, 3.8) is 0 Å². The van der Waals surface area contributed by atoms with Crippen LogP contribution in [0.1, 0.15) is 60.1 Å². The van der Waals surface area contributed by atoms with Crippen molar-refractivity contribution >= 4 is 57.3 Å². The van der Waals surface area contributed by atoms with Crippen LogP contribution in [0.5, 0.6) is 0 Å². The second-order valence-corrected chi connectivity index (χ2v) is 16.0. The van der Waals surface area contributed by atoms with Crippen molar-refractivity contribution in [2.45, 2.75) is 38.6 Å². The normalized spacial score (nSPS) is 14.7. The van der Waals surface area contributed by atoms with Crippen LogP contribution in [0, 0.1) is 0 Å². The van der Waals surface area contributed by atoms with E-state index in [4.69, 9.17) is 14.4 Å². The van der Waals surface area contributed by atoms with Gasteiger partial charge in [0.05, 0.1) is 6.54 Å². The predicted octanol–water partition coefficient (Wildman–Crippen LogP) is 13.9. The molecule has 0 fully saturated rings.